The van der Waals surface area contributed by atoms with E-state index in [0.717, 1.165) is 6.42 Å². The van der Waals surface area contributed by atoms with Crippen LogP contribution in [0.25, 0.3) is 5.82 Å². The number of ether oxygens (including phenoxy) is 1. The Labute approximate surface area is 236 Å². The minimum Gasteiger partial charge on any atom is -0.476 e. The Morgan fingerprint density at radius 3 is 2.41 bits per heavy atom. The topological polar surface area (TPSA) is 106 Å². The van der Waals surface area contributed by atoms with Crippen LogP contribution in [0, 0.1) is 11.3 Å². The molecule has 1 saturated heterocycles. The Balaban J connectivity index is 1.44. The molecule has 3 aromatic rings. The van der Waals surface area contributed by atoms with Gasteiger partial charge in [0, 0.05) is 24.3 Å². The van der Waals surface area contributed by atoms with E-state index in [1.165, 1.54) is 41.2 Å². The summed E-state index contributed by atoms with van der Waals surface area (Å²) in [4.78, 5) is 20.0. The van der Waals surface area contributed by atoms with Crippen LogP contribution in [-0.2, 0) is 10.0 Å². The Hall–Kier alpha value is -3.61. The molecule has 9 nitrogen and oxygen atoms in total. The number of carbonyl (C=O) groups excluding carboxylic acids is 1. The zero-order chi connectivity index (χ0) is 29.6. The van der Waals surface area contributed by atoms with Gasteiger partial charge in [0.15, 0.2) is 5.82 Å². The van der Waals surface area contributed by atoms with Crippen molar-refractivity contribution in [2.75, 3.05) is 18.1 Å². The van der Waals surface area contributed by atoms with Crippen molar-refractivity contribution in [2.24, 2.45) is 11.3 Å². The van der Waals surface area contributed by atoms with E-state index in [4.69, 9.17) is 9.72 Å². The maximum Gasteiger partial charge on any atom is 0.397 e. The number of hydrogen-bond acceptors (Lipinski definition) is 7. The summed E-state index contributed by atoms with van der Waals surface area (Å²) in [7, 11) is -4.13. The molecule has 3 heterocycles. The number of rotatable bonds is 8. The highest BCUT2D eigenvalue weighted by atomic mass is 32.2. The SMILES string of the molecule is C[C@@H]1CN(c2nc(-n3ccc(OCC4(C(F)(F)F)CCC4)n3)ccc2C(=O)NS(=O)(=O)c2ccccc2)C(C)(C)C1. The van der Waals surface area contributed by atoms with E-state index in [1.54, 1.807) is 18.2 Å². The second kappa shape index (κ2) is 10.3. The van der Waals surface area contributed by atoms with Crippen molar-refractivity contribution in [3.05, 3.63) is 60.3 Å². The number of nitrogens with zero attached hydrogens (tertiary/aromatic N) is 4. The lowest BCUT2D eigenvalue weighted by atomic mass is 9.69. The molecular weight excluding hydrogens is 559 g/mol. The third-order valence-electron chi connectivity index (χ3n) is 7.92. The lowest BCUT2D eigenvalue weighted by Gasteiger charge is -2.42. The van der Waals surface area contributed by atoms with Crippen molar-refractivity contribution >= 4 is 21.7 Å². The minimum atomic E-state index is -4.35. The van der Waals surface area contributed by atoms with E-state index >= 15 is 0 Å². The standard InChI is InChI=1S/C28H32F3N5O4S/c1-19-16-26(2,3)35(17-19)24-21(25(37)34-41(38,39)20-8-5-4-6-9-20)10-11-22(32-24)36-15-12-23(33-36)40-18-27(13-7-14-27)28(29,30)31/h4-6,8-12,15,19H,7,13-14,16-18H2,1-3H3,(H,34,37)/t19-/m0/s1. The van der Waals surface area contributed by atoms with Crippen molar-refractivity contribution in [2.45, 2.75) is 63.1 Å². The molecule has 1 saturated carbocycles. The van der Waals surface area contributed by atoms with Crippen molar-refractivity contribution in [1.29, 1.82) is 0 Å². The van der Waals surface area contributed by atoms with E-state index < -0.39 is 34.1 Å². The van der Waals surface area contributed by atoms with Crippen LogP contribution in [0.1, 0.15) is 56.8 Å². The molecule has 5 rings (SSSR count). The van der Waals surface area contributed by atoms with Gasteiger partial charge in [-0.05, 0) is 63.3 Å². The maximum absolute atomic E-state index is 13.5. The first-order chi connectivity index (χ1) is 19.2. The third-order valence-corrected chi connectivity index (χ3v) is 9.27. The summed E-state index contributed by atoms with van der Waals surface area (Å²) in [5.74, 6) is 0.0509. The number of carbonyl (C=O) groups is 1. The Morgan fingerprint density at radius 2 is 1.83 bits per heavy atom. The molecule has 0 bridgehead atoms. The fourth-order valence-electron chi connectivity index (χ4n) is 5.58. The van der Waals surface area contributed by atoms with Crippen LogP contribution < -0.4 is 14.4 Å². The summed E-state index contributed by atoms with van der Waals surface area (Å²) in [6, 6.07) is 12.0. The molecular formula is C28H32F3N5O4S. The van der Waals surface area contributed by atoms with Gasteiger partial charge < -0.3 is 9.64 Å². The maximum atomic E-state index is 13.5. The fourth-order valence-corrected chi connectivity index (χ4v) is 6.57. The number of aromatic nitrogens is 3. The van der Waals surface area contributed by atoms with Gasteiger partial charge in [0.1, 0.15) is 17.8 Å². The Kier molecular flexibility index (Phi) is 7.29. The minimum absolute atomic E-state index is 0.0229. The predicted molar refractivity (Wildman–Crippen MR) is 145 cm³/mol. The normalized spacial score (nSPS) is 20.0. The molecule has 0 unspecified atom stereocenters. The lowest BCUT2D eigenvalue weighted by molar-refractivity contribution is -0.259. The zero-order valence-electron chi connectivity index (χ0n) is 23.0. The molecule has 1 amide bonds. The molecule has 1 atom stereocenters. The number of amides is 1. The number of sulfonamides is 1. The number of hydrogen-bond donors (Lipinski definition) is 1. The molecule has 41 heavy (non-hydrogen) atoms. The van der Waals surface area contributed by atoms with Gasteiger partial charge in [0.05, 0.1) is 10.5 Å². The number of benzene rings is 1. The second-order valence-corrected chi connectivity index (χ2v) is 13.2. The van der Waals surface area contributed by atoms with Gasteiger partial charge in [-0.15, -0.1) is 5.10 Å². The average molecular weight is 592 g/mol. The van der Waals surface area contributed by atoms with Gasteiger partial charge >= 0.3 is 6.18 Å². The van der Waals surface area contributed by atoms with E-state index in [2.05, 4.69) is 16.7 Å². The van der Waals surface area contributed by atoms with Crippen molar-refractivity contribution in [1.82, 2.24) is 19.5 Å². The molecule has 1 N–H and O–H groups in total. The fraction of sp³-hybridized carbons (Fsp3) is 0.464. The zero-order valence-corrected chi connectivity index (χ0v) is 23.8. The highest BCUT2D eigenvalue weighted by molar-refractivity contribution is 7.90. The molecule has 0 spiro atoms. The molecule has 1 aliphatic carbocycles. The summed E-state index contributed by atoms with van der Waals surface area (Å²) in [6.07, 6.45) is -1.47. The highest BCUT2D eigenvalue weighted by Crippen LogP contribution is 2.53. The summed E-state index contributed by atoms with van der Waals surface area (Å²) in [5.41, 5.74) is -2.17. The molecule has 2 aromatic heterocycles. The number of halogens is 3. The summed E-state index contributed by atoms with van der Waals surface area (Å²) >= 11 is 0. The van der Waals surface area contributed by atoms with Crippen LogP contribution in [0.4, 0.5) is 19.0 Å². The molecule has 0 radical (unpaired) electrons. The number of anilines is 1. The van der Waals surface area contributed by atoms with Crippen LogP contribution in [0.3, 0.4) is 0 Å². The van der Waals surface area contributed by atoms with Crippen molar-refractivity contribution in [3.63, 3.8) is 0 Å². The number of alkyl halides is 3. The molecule has 1 aromatic carbocycles. The highest BCUT2D eigenvalue weighted by Gasteiger charge is 2.59. The first-order valence-corrected chi connectivity index (χ1v) is 14.9. The van der Waals surface area contributed by atoms with E-state index in [-0.39, 0.29) is 46.5 Å². The summed E-state index contributed by atoms with van der Waals surface area (Å²) < 4.78 is 75.3. The quantitative estimate of drug-likeness (QED) is 0.388. The van der Waals surface area contributed by atoms with Gasteiger partial charge in [-0.1, -0.05) is 31.5 Å². The third kappa shape index (κ3) is 5.64. The van der Waals surface area contributed by atoms with E-state index in [1.807, 2.05) is 18.7 Å². The van der Waals surface area contributed by atoms with Crippen LogP contribution in [0.2, 0.25) is 0 Å². The number of nitrogens with one attached hydrogen (secondary N) is 1. The van der Waals surface area contributed by atoms with Gasteiger partial charge in [0.2, 0.25) is 5.88 Å². The van der Waals surface area contributed by atoms with Crippen molar-refractivity contribution in [3.8, 4) is 11.7 Å². The monoisotopic (exact) mass is 591 g/mol. The summed E-state index contributed by atoms with van der Waals surface area (Å²) in [5, 5.41) is 4.27. The van der Waals surface area contributed by atoms with Crippen LogP contribution in [0.15, 0.2) is 59.6 Å². The van der Waals surface area contributed by atoms with Crippen LogP contribution in [-0.4, -0.2) is 54.0 Å². The molecule has 1 aliphatic heterocycles. The second-order valence-electron chi connectivity index (χ2n) is 11.5. The first kappa shape index (κ1) is 28.9. The van der Waals surface area contributed by atoms with Crippen molar-refractivity contribution < 1.29 is 31.1 Å². The van der Waals surface area contributed by atoms with Gasteiger partial charge in [-0.3, -0.25) is 4.79 Å². The first-order valence-electron chi connectivity index (χ1n) is 13.4. The van der Waals surface area contributed by atoms with Crippen LogP contribution >= 0.6 is 0 Å². The van der Waals surface area contributed by atoms with Gasteiger partial charge in [0.25, 0.3) is 15.9 Å². The number of pyridine rings is 1. The van der Waals surface area contributed by atoms with Gasteiger partial charge in [-0.2, -0.15) is 13.2 Å². The van der Waals surface area contributed by atoms with Crippen LogP contribution in [0.5, 0.6) is 5.88 Å². The molecule has 220 valence electrons. The average Bonchev–Trinajstić information content (AvgIpc) is 3.45. The smallest absolute Gasteiger partial charge is 0.397 e. The molecule has 2 aliphatic rings. The Bertz CT molecular complexity index is 1540. The van der Waals surface area contributed by atoms with E-state index in [0.29, 0.717) is 18.8 Å². The molecule has 2 fully saturated rings. The largest absolute Gasteiger partial charge is 0.476 e. The Morgan fingerprint density at radius 1 is 1.12 bits per heavy atom. The summed E-state index contributed by atoms with van der Waals surface area (Å²) in [6.45, 7) is 6.19. The predicted octanol–water partition coefficient (Wildman–Crippen LogP) is 5.12. The van der Waals surface area contributed by atoms with E-state index in [9.17, 15) is 26.4 Å². The molecule has 13 heteroatoms. The van der Waals surface area contributed by atoms with Gasteiger partial charge in [-0.25, -0.2) is 22.8 Å². The lowest BCUT2D eigenvalue weighted by Crippen LogP contribution is -2.48.